The Morgan fingerprint density at radius 3 is 2.76 bits per heavy atom. The van der Waals surface area contributed by atoms with Gasteiger partial charge in [-0.15, -0.1) is 11.3 Å². The Balaban J connectivity index is 1.76. The van der Waals surface area contributed by atoms with Crippen LogP contribution in [0.1, 0.15) is 30.2 Å². The van der Waals surface area contributed by atoms with Crippen LogP contribution < -0.4 is 5.32 Å². The monoisotopic (exact) mass is 254 g/mol. The number of hydrogen-bond donors (Lipinski definition) is 2. The average Bonchev–Trinajstić information content (AvgIpc) is 2.74. The van der Waals surface area contributed by atoms with Gasteiger partial charge in [-0.1, -0.05) is 6.07 Å². The van der Waals surface area contributed by atoms with Crippen molar-refractivity contribution in [2.75, 3.05) is 27.2 Å². The third kappa shape index (κ3) is 2.88. The first-order valence-corrected chi connectivity index (χ1v) is 7.12. The van der Waals surface area contributed by atoms with Crippen LogP contribution in [0.3, 0.4) is 0 Å². The van der Waals surface area contributed by atoms with Gasteiger partial charge in [0.15, 0.2) is 0 Å². The number of nitrogens with zero attached hydrogens (tertiary/aromatic N) is 1. The molecule has 1 saturated carbocycles. The van der Waals surface area contributed by atoms with Gasteiger partial charge in [0.05, 0.1) is 0 Å². The summed E-state index contributed by atoms with van der Waals surface area (Å²) in [5.74, 6) is 0. The van der Waals surface area contributed by atoms with E-state index < -0.39 is 0 Å². The molecule has 2 N–H and O–H groups in total. The molecule has 1 aromatic rings. The molecular weight excluding hydrogens is 232 g/mol. The second-order valence-corrected chi connectivity index (χ2v) is 6.11. The first-order chi connectivity index (χ1) is 8.14. The fourth-order valence-electron chi connectivity index (χ4n) is 2.39. The SMILES string of the molecule is CN(C)C1(CNCC(O)c2cccs2)CCC1. The lowest BCUT2D eigenvalue weighted by molar-refractivity contribution is 0.0557. The lowest BCUT2D eigenvalue weighted by atomic mass is 9.75. The molecule has 1 fully saturated rings. The van der Waals surface area contributed by atoms with Crippen molar-refractivity contribution >= 4 is 11.3 Å². The number of aliphatic hydroxyl groups excluding tert-OH is 1. The van der Waals surface area contributed by atoms with Crippen LogP contribution in [0.15, 0.2) is 17.5 Å². The van der Waals surface area contributed by atoms with Crippen molar-refractivity contribution in [3.8, 4) is 0 Å². The molecule has 0 bridgehead atoms. The topological polar surface area (TPSA) is 35.5 Å². The molecule has 96 valence electrons. The molecule has 1 unspecified atom stereocenters. The number of likely N-dealkylation sites (N-methyl/N-ethyl adjacent to an activating group) is 1. The molecule has 17 heavy (non-hydrogen) atoms. The maximum atomic E-state index is 9.97. The van der Waals surface area contributed by atoms with Gasteiger partial charge in [0.25, 0.3) is 0 Å². The van der Waals surface area contributed by atoms with E-state index in [1.807, 2.05) is 17.5 Å². The molecule has 0 saturated heterocycles. The Bertz CT molecular complexity index is 333. The summed E-state index contributed by atoms with van der Waals surface area (Å²) >= 11 is 1.61. The normalized spacial score (nSPS) is 20.2. The van der Waals surface area contributed by atoms with E-state index in [4.69, 9.17) is 0 Å². The summed E-state index contributed by atoms with van der Waals surface area (Å²) in [5, 5.41) is 15.4. The highest BCUT2D eigenvalue weighted by atomic mass is 32.1. The quantitative estimate of drug-likeness (QED) is 0.813. The van der Waals surface area contributed by atoms with Crippen LogP contribution in [-0.4, -0.2) is 42.7 Å². The van der Waals surface area contributed by atoms with Gasteiger partial charge in [0.1, 0.15) is 6.10 Å². The number of nitrogens with one attached hydrogen (secondary N) is 1. The van der Waals surface area contributed by atoms with Crippen molar-refractivity contribution in [3.05, 3.63) is 22.4 Å². The molecule has 1 aliphatic carbocycles. The maximum Gasteiger partial charge on any atom is 0.101 e. The predicted octanol–water partition coefficient (Wildman–Crippen LogP) is 1.86. The molecular formula is C13H22N2OS. The largest absolute Gasteiger partial charge is 0.386 e. The van der Waals surface area contributed by atoms with Gasteiger partial charge < -0.3 is 15.3 Å². The molecule has 0 radical (unpaired) electrons. The standard InChI is InChI=1S/C13H22N2OS/c1-15(2)13(6-4-7-13)10-14-9-11(16)12-5-3-8-17-12/h3,5,8,11,14,16H,4,6-7,9-10H2,1-2H3. The maximum absolute atomic E-state index is 9.97. The molecule has 2 rings (SSSR count). The number of rotatable bonds is 6. The molecule has 1 aromatic heterocycles. The Hall–Kier alpha value is -0.420. The van der Waals surface area contributed by atoms with E-state index >= 15 is 0 Å². The molecule has 0 spiro atoms. The highest BCUT2D eigenvalue weighted by Crippen LogP contribution is 2.35. The zero-order chi connectivity index (χ0) is 12.3. The minimum atomic E-state index is -0.366. The third-order valence-corrected chi connectivity index (χ3v) is 4.87. The summed E-state index contributed by atoms with van der Waals surface area (Å²) in [5.41, 5.74) is 0.329. The van der Waals surface area contributed by atoms with Crippen LogP contribution in [0, 0.1) is 0 Å². The van der Waals surface area contributed by atoms with E-state index in [9.17, 15) is 5.11 Å². The predicted molar refractivity (Wildman–Crippen MR) is 72.4 cm³/mol. The van der Waals surface area contributed by atoms with Crippen LogP contribution in [0.25, 0.3) is 0 Å². The zero-order valence-electron chi connectivity index (χ0n) is 10.6. The van der Waals surface area contributed by atoms with Gasteiger partial charge in [0.2, 0.25) is 0 Å². The fourth-order valence-corrected chi connectivity index (χ4v) is 3.10. The van der Waals surface area contributed by atoms with Gasteiger partial charge in [-0.05, 0) is 44.8 Å². The molecule has 0 aromatic carbocycles. The molecule has 4 heteroatoms. The van der Waals surface area contributed by atoms with Crippen molar-refractivity contribution in [3.63, 3.8) is 0 Å². The van der Waals surface area contributed by atoms with E-state index in [0.717, 1.165) is 11.4 Å². The highest BCUT2D eigenvalue weighted by molar-refractivity contribution is 7.10. The molecule has 1 aliphatic rings. The van der Waals surface area contributed by atoms with E-state index in [1.165, 1.54) is 19.3 Å². The molecule has 1 heterocycles. The first kappa shape index (κ1) is 13.0. The van der Waals surface area contributed by atoms with E-state index in [0.29, 0.717) is 12.1 Å². The third-order valence-electron chi connectivity index (χ3n) is 3.90. The van der Waals surface area contributed by atoms with Crippen molar-refractivity contribution in [2.24, 2.45) is 0 Å². The average molecular weight is 254 g/mol. The lowest BCUT2D eigenvalue weighted by Crippen LogP contribution is -2.56. The zero-order valence-corrected chi connectivity index (χ0v) is 11.5. The summed E-state index contributed by atoms with van der Waals surface area (Å²) in [6.45, 7) is 1.62. The lowest BCUT2D eigenvalue weighted by Gasteiger charge is -2.47. The van der Waals surface area contributed by atoms with E-state index in [-0.39, 0.29) is 6.10 Å². The van der Waals surface area contributed by atoms with Gasteiger partial charge in [-0.2, -0.15) is 0 Å². The Morgan fingerprint density at radius 1 is 1.53 bits per heavy atom. The molecule has 3 nitrogen and oxygen atoms in total. The summed E-state index contributed by atoms with van der Waals surface area (Å²) in [4.78, 5) is 3.37. The number of hydrogen-bond acceptors (Lipinski definition) is 4. The van der Waals surface area contributed by atoms with Crippen LogP contribution in [0.2, 0.25) is 0 Å². The van der Waals surface area contributed by atoms with E-state index in [2.05, 4.69) is 24.3 Å². The smallest absolute Gasteiger partial charge is 0.101 e. The summed E-state index contributed by atoms with van der Waals surface area (Å²) in [6, 6.07) is 3.97. The van der Waals surface area contributed by atoms with Gasteiger partial charge in [0, 0.05) is 23.5 Å². The molecule has 0 amide bonds. The Morgan fingerprint density at radius 2 is 2.29 bits per heavy atom. The van der Waals surface area contributed by atoms with Crippen molar-refractivity contribution < 1.29 is 5.11 Å². The summed E-state index contributed by atoms with van der Waals surface area (Å²) < 4.78 is 0. The van der Waals surface area contributed by atoms with Crippen LogP contribution in [0.5, 0.6) is 0 Å². The van der Waals surface area contributed by atoms with Crippen molar-refractivity contribution in [1.29, 1.82) is 0 Å². The summed E-state index contributed by atoms with van der Waals surface area (Å²) in [6.07, 6.45) is 3.49. The van der Waals surface area contributed by atoms with Crippen molar-refractivity contribution in [1.82, 2.24) is 10.2 Å². The van der Waals surface area contributed by atoms with Gasteiger partial charge in [-0.3, -0.25) is 0 Å². The molecule has 0 aliphatic heterocycles. The Labute approximate surface area is 107 Å². The van der Waals surface area contributed by atoms with Crippen LogP contribution >= 0.6 is 11.3 Å². The number of thiophene rings is 1. The fraction of sp³-hybridized carbons (Fsp3) is 0.692. The minimum absolute atomic E-state index is 0.329. The Kier molecular flexibility index (Phi) is 4.20. The minimum Gasteiger partial charge on any atom is -0.386 e. The highest BCUT2D eigenvalue weighted by Gasteiger charge is 2.38. The van der Waals surface area contributed by atoms with Crippen LogP contribution in [0.4, 0.5) is 0 Å². The van der Waals surface area contributed by atoms with Crippen LogP contribution in [-0.2, 0) is 0 Å². The summed E-state index contributed by atoms with van der Waals surface area (Å²) in [7, 11) is 4.30. The first-order valence-electron chi connectivity index (χ1n) is 6.24. The van der Waals surface area contributed by atoms with E-state index in [1.54, 1.807) is 11.3 Å². The second kappa shape index (κ2) is 5.48. The second-order valence-electron chi connectivity index (χ2n) is 5.13. The van der Waals surface area contributed by atoms with Gasteiger partial charge in [-0.25, -0.2) is 0 Å². The van der Waals surface area contributed by atoms with Crippen molar-refractivity contribution in [2.45, 2.75) is 30.9 Å². The van der Waals surface area contributed by atoms with Gasteiger partial charge >= 0.3 is 0 Å². The number of aliphatic hydroxyl groups is 1. The molecule has 1 atom stereocenters.